The third kappa shape index (κ3) is 4.61. The Morgan fingerprint density at radius 1 is 0.372 bits per heavy atom. The molecule has 0 unspecified atom stereocenters. The van der Waals surface area contributed by atoms with Crippen molar-refractivity contribution in [3.05, 3.63) is 151 Å². The topological polar surface area (TPSA) is 38.7 Å². The zero-order valence-corrected chi connectivity index (χ0v) is 23.7. The highest BCUT2D eigenvalue weighted by molar-refractivity contribution is 6.08. The van der Waals surface area contributed by atoms with Gasteiger partial charge in [0.25, 0.3) is 0 Å². The minimum absolute atomic E-state index is 0.892. The number of nitrogens with zero attached hydrogens (tertiary/aromatic N) is 3. The molecule has 0 saturated carbocycles. The molecule has 0 spiro atoms. The number of aryl methyl sites for hydroxylation is 1. The van der Waals surface area contributed by atoms with Gasteiger partial charge >= 0.3 is 0 Å². The molecule has 0 amide bonds. The molecular formula is C40H27N3. The van der Waals surface area contributed by atoms with Gasteiger partial charge in [-0.15, -0.1) is 0 Å². The monoisotopic (exact) mass is 549 g/mol. The molecule has 8 aromatic rings. The molecule has 202 valence electrons. The summed E-state index contributed by atoms with van der Waals surface area (Å²) in [4.78, 5) is 15.5. The molecule has 3 nitrogen and oxygen atoms in total. The Morgan fingerprint density at radius 3 is 1.86 bits per heavy atom. The molecule has 8 rings (SSSR count). The van der Waals surface area contributed by atoms with E-state index in [1.165, 1.54) is 10.8 Å². The SMILES string of the molecule is Cc1cc(-c2cc(-c3ccccc3)cc(-c3ccccc3)n2)c2ccc3ccc(-c4ccc5ccccc5c4)nc3c2n1. The van der Waals surface area contributed by atoms with Crippen molar-refractivity contribution in [2.45, 2.75) is 6.92 Å². The second-order valence-electron chi connectivity index (χ2n) is 11.0. The Hall–Kier alpha value is -5.67. The van der Waals surface area contributed by atoms with Crippen molar-refractivity contribution >= 4 is 32.6 Å². The molecular weight excluding hydrogens is 522 g/mol. The van der Waals surface area contributed by atoms with Crippen LogP contribution in [0.2, 0.25) is 0 Å². The number of fused-ring (bicyclic) bond motifs is 4. The number of hydrogen-bond donors (Lipinski definition) is 0. The van der Waals surface area contributed by atoms with Crippen LogP contribution in [-0.4, -0.2) is 15.0 Å². The fourth-order valence-corrected chi connectivity index (χ4v) is 5.94. The molecule has 0 aliphatic carbocycles. The van der Waals surface area contributed by atoms with E-state index in [9.17, 15) is 0 Å². The summed E-state index contributed by atoms with van der Waals surface area (Å²) in [6.45, 7) is 2.05. The molecule has 0 aliphatic rings. The van der Waals surface area contributed by atoms with E-state index in [4.69, 9.17) is 15.0 Å². The van der Waals surface area contributed by atoms with Crippen LogP contribution in [0.3, 0.4) is 0 Å². The Bertz CT molecular complexity index is 2230. The number of pyridine rings is 3. The van der Waals surface area contributed by atoms with E-state index < -0.39 is 0 Å². The summed E-state index contributed by atoms with van der Waals surface area (Å²) < 4.78 is 0. The first-order valence-corrected chi connectivity index (χ1v) is 14.5. The molecule has 3 aromatic heterocycles. The van der Waals surface area contributed by atoms with Crippen molar-refractivity contribution in [3.63, 3.8) is 0 Å². The first-order chi connectivity index (χ1) is 21.2. The van der Waals surface area contributed by atoms with Gasteiger partial charge in [-0.3, -0.25) is 4.98 Å². The number of hydrogen-bond acceptors (Lipinski definition) is 3. The highest BCUT2D eigenvalue weighted by atomic mass is 14.8. The van der Waals surface area contributed by atoms with E-state index in [1.54, 1.807) is 0 Å². The fourth-order valence-electron chi connectivity index (χ4n) is 5.94. The Balaban J connectivity index is 1.35. The molecule has 0 aliphatic heterocycles. The number of aromatic nitrogens is 3. The zero-order chi connectivity index (χ0) is 28.8. The Kier molecular flexibility index (Phi) is 6.01. The summed E-state index contributed by atoms with van der Waals surface area (Å²) in [5.74, 6) is 0. The van der Waals surface area contributed by atoms with Crippen molar-refractivity contribution in [2.24, 2.45) is 0 Å². The summed E-state index contributed by atoms with van der Waals surface area (Å²) in [7, 11) is 0. The third-order valence-electron chi connectivity index (χ3n) is 8.09. The molecule has 0 saturated heterocycles. The van der Waals surface area contributed by atoms with Crippen LogP contribution in [0.1, 0.15) is 5.69 Å². The van der Waals surface area contributed by atoms with Crippen molar-refractivity contribution in [1.29, 1.82) is 0 Å². The van der Waals surface area contributed by atoms with Gasteiger partial charge in [0.15, 0.2) is 0 Å². The quantitative estimate of drug-likeness (QED) is 0.205. The summed E-state index contributed by atoms with van der Waals surface area (Å²) >= 11 is 0. The lowest BCUT2D eigenvalue weighted by Crippen LogP contribution is -1.96. The third-order valence-corrected chi connectivity index (χ3v) is 8.09. The highest BCUT2D eigenvalue weighted by Gasteiger charge is 2.15. The average Bonchev–Trinajstić information content (AvgIpc) is 3.08. The van der Waals surface area contributed by atoms with Gasteiger partial charge in [-0.25, -0.2) is 9.97 Å². The van der Waals surface area contributed by atoms with Crippen LogP contribution in [0, 0.1) is 6.92 Å². The summed E-state index contributed by atoms with van der Waals surface area (Å²) in [6.07, 6.45) is 0. The van der Waals surface area contributed by atoms with E-state index in [0.717, 1.165) is 72.4 Å². The largest absolute Gasteiger partial charge is 0.251 e. The fraction of sp³-hybridized carbons (Fsp3) is 0.0250. The van der Waals surface area contributed by atoms with Crippen LogP contribution >= 0.6 is 0 Å². The normalized spacial score (nSPS) is 11.4. The van der Waals surface area contributed by atoms with Crippen LogP contribution in [-0.2, 0) is 0 Å². The molecule has 43 heavy (non-hydrogen) atoms. The lowest BCUT2D eigenvalue weighted by molar-refractivity contribution is 1.24. The molecule has 3 heteroatoms. The highest BCUT2D eigenvalue weighted by Crippen LogP contribution is 2.36. The Morgan fingerprint density at radius 2 is 1.05 bits per heavy atom. The van der Waals surface area contributed by atoms with E-state index in [-0.39, 0.29) is 0 Å². The molecule has 0 N–H and O–H groups in total. The minimum Gasteiger partial charge on any atom is -0.251 e. The van der Waals surface area contributed by atoms with Crippen molar-refractivity contribution in [2.75, 3.05) is 0 Å². The smallest absolute Gasteiger partial charge is 0.0974 e. The second kappa shape index (κ2) is 10.3. The predicted molar refractivity (Wildman–Crippen MR) is 179 cm³/mol. The maximum atomic E-state index is 5.22. The Labute approximate surface area is 250 Å². The number of rotatable bonds is 4. The van der Waals surface area contributed by atoms with Gasteiger partial charge in [0.05, 0.1) is 28.1 Å². The van der Waals surface area contributed by atoms with Gasteiger partial charge in [0.2, 0.25) is 0 Å². The minimum atomic E-state index is 0.892. The molecule has 0 fully saturated rings. The average molecular weight is 550 g/mol. The van der Waals surface area contributed by atoms with Crippen molar-refractivity contribution in [1.82, 2.24) is 15.0 Å². The molecule has 0 radical (unpaired) electrons. The summed E-state index contributed by atoms with van der Waals surface area (Å²) in [5, 5.41) is 4.53. The predicted octanol–water partition coefficient (Wildman–Crippen LogP) is 10.3. The first kappa shape index (κ1) is 25.1. The van der Waals surface area contributed by atoms with Crippen LogP contribution in [0.15, 0.2) is 146 Å². The summed E-state index contributed by atoms with van der Waals surface area (Å²) in [6, 6.07) is 50.9. The van der Waals surface area contributed by atoms with Crippen molar-refractivity contribution < 1.29 is 0 Å². The van der Waals surface area contributed by atoms with Crippen LogP contribution in [0.25, 0.3) is 77.5 Å². The van der Waals surface area contributed by atoms with Gasteiger partial charge in [0, 0.05) is 33.2 Å². The van der Waals surface area contributed by atoms with Gasteiger partial charge in [-0.05, 0) is 59.2 Å². The lowest BCUT2D eigenvalue weighted by atomic mass is 9.97. The second-order valence-corrected chi connectivity index (χ2v) is 11.0. The van der Waals surface area contributed by atoms with E-state index in [2.05, 4.69) is 133 Å². The van der Waals surface area contributed by atoms with Gasteiger partial charge in [0.1, 0.15) is 0 Å². The van der Waals surface area contributed by atoms with Crippen molar-refractivity contribution in [3.8, 4) is 44.9 Å². The lowest BCUT2D eigenvalue weighted by Gasteiger charge is -2.14. The van der Waals surface area contributed by atoms with E-state index in [1.807, 2.05) is 19.1 Å². The van der Waals surface area contributed by atoms with Gasteiger partial charge in [-0.1, -0.05) is 115 Å². The zero-order valence-electron chi connectivity index (χ0n) is 23.7. The van der Waals surface area contributed by atoms with Gasteiger partial charge in [-0.2, -0.15) is 0 Å². The maximum absolute atomic E-state index is 5.22. The molecule has 3 heterocycles. The molecule has 0 bridgehead atoms. The van der Waals surface area contributed by atoms with Gasteiger partial charge < -0.3 is 0 Å². The molecule has 5 aromatic carbocycles. The maximum Gasteiger partial charge on any atom is 0.0974 e. The standard InChI is InChI=1S/C40H27N3/c1-26-22-35(38-25-33(27-10-4-2-5-11-27)24-37(42-38)29-13-6-3-7-14-29)34-20-18-30-19-21-36(43-39(30)40(34)41-26)32-17-16-28-12-8-9-15-31(28)23-32/h2-25H,1H3. The van der Waals surface area contributed by atoms with Crippen LogP contribution in [0.5, 0.6) is 0 Å². The van der Waals surface area contributed by atoms with Crippen LogP contribution < -0.4 is 0 Å². The number of benzene rings is 5. The van der Waals surface area contributed by atoms with E-state index in [0.29, 0.717) is 0 Å². The summed E-state index contributed by atoms with van der Waals surface area (Å²) in [5.41, 5.74) is 11.0. The first-order valence-electron chi connectivity index (χ1n) is 14.5. The van der Waals surface area contributed by atoms with Crippen LogP contribution in [0.4, 0.5) is 0 Å². The van der Waals surface area contributed by atoms with E-state index >= 15 is 0 Å². The molecule has 0 atom stereocenters.